The van der Waals surface area contributed by atoms with Crippen molar-refractivity contribution in [3.63, 3.8) is 0 Å². The van der Waals surface area contributed by atoms with E-state index in [4.69, 9.17) is 0 Å². The molecule has 4 rings (SSSR count). The Hall–Kier alpha value is 0. The fourth-order valence-electron chi connectivity index (χ4n) is 8.01. The fourth-order valence-corrected chi connectivity index (χ4v) is 8.01. The predicted molar refractivity (Wildman–Crippen MR) is 198 cm³/mol. The first-order valence-electron chi connectivity index (χ1n) is 19.9. The molecule has 0 aromatic heterocycles. The van der Waals surface area contributed by atoms with Crippen LogP contribution in [0.15, 0.2) is 0 Å². The molecule has 0 unspecified atom stereocenters. The smallest absolute Gasteiger partial charge is 0.0386 e. The van der Waals surface area contributed by atoms with Crippen LogP contribution < -0.4 is 0 Å². The Kier molecular flexibility index (Phi) is 32.6. The Bertz CT molecular complexity index is 426. The van der Waals surface area contributed by atoms with Gasteiger partial charge < -0.3 is 0 Å². The van der Waals surface area contributed by atoms with Crippen molar-refractivity contribution in [2.24, 2.45) is 41.4 Å². The normalized spacial score (nSPS) is 31.6. The lowest BCUT2D eigenvalue weighted by molar-refractivity contribution is 0.210. The second kappa shape index (κ2) is 31.0. The lowest BCUT2D eigenvalue weighted by atomic mass is 9.75. The van der Waals surface area contributed by atoms with Gasteiger partial charge in [-0.3, -0.25) is 0 Å². The third-order valence-corrected chi connectivity index (χ3v) is 10.9. The van der Waals surface area contributed by atoms with Crippen LogP contribution in [-0.2, 0) is 0 Å². The summed E-state index contributed by atoms with van der Waals surface area (Å²) in [5.41, 5.74) is 0. The third-order valence-electron chi connectivity index (χ3n) is 10.9. The Morgan fingerprint density at radius 3 is 0.643 bits per heavy atom. The molecular weight excluding hydrogens is 504 g/mol. The van der Waals surface area contributed by atoms with Gasteiger partial charge >= 0.3 is 0 Å². The van der Waals surface area contributed by atoms with Gasteiger partial charge in [0.2, 0.25) is 0 Å². The van der Waals surface area contributed by atoms with Crippen molar-refractivity contribution in [3.8, 4) is 0 Å². The zero-order chi connectivity index (χ0) is 30.7. The van der Waals surface area contributed by atoms with Crippen LogP contribution >= 0.6 is 0 Å². The van der Waals surface area contributed by atoms with Gasteiger partial charge in [-0.25, -0.2) is 0 Å². The first-order valence-corrected chi connectivity index (χ1v) is 19.9. The largest absolute Gasteiger partial charge is 0.0776 e. The Morgan fingerprint density at radius 1 is 0.238 bits per heavy atom. The van der Waals surface area contributed by atoms with E-state index in [1.165, 1.54) is 135 Å². The first-order chi connectivity index (χ1) is 19.9. The Labute approximate surface area is 271 Å². The molecule has 4 saturated carbocycles. The van der Waals surface area contributed by atoms with Gasteiger partial charge in [-0.05, 0) is 41.4 Å². The number of rotatable bonds is 1. The minimum atomic E-state index is 0. The molecule has 0 amide bonds. The second-order valence-corrected chi connectivity index (χ2v) is 15.0. The molecule has 0 saturated heterocycles. The lowest BCUT2D eigenvalue weighted by Crippen LogP contribution is -2.18. The van der Waals surface area contributed by atoms with E-state index in [0.29, 0.717) is 0 Å². The van der Waals surface area contributed by atoms with Crippen LogP contribution in [0.3, 0.4) is 0 Å². The highest BCUT2D eigenvalue weighted by Crippen LogP contribution is 2.36. The van der Waals surface area contributed by atoms with Crippen LogP contribution in [0.1, 0.15) is 230 Å². The minimum Gasteiger partial charge on any atom is -0.0776 e. The molecule has 0 nitrogen and oxygen atoms in total. The van der Waals surface area contributed by atoms with Gasteiger partial charge in [0, 0.05) is 0 Å². The summed E-state index contributed by atoms with van der Waals surface area (Å²) in [6, 6.07) is 0. The molecule has 0 aliphatic heterocycles. The molecule has 4 fully saturated rings. The Balaban J connectivity index is 0. The average molecular weight is 593 g/mol. The van der Waals surface area contributed by atoms with Gasteiger partial charge in [0.1, 0.15) is 0 Å². The summed E-state index contributed by atoms with van der Waals surface area (Å²) in [5.74, 6) is 7.23. The standard InChI is InChI=1S/C17H32.2C10H20.2C2H6.CH4/c1-15-9-7-13-17(14-8-10-15)16-11-5-3-2-4-6-12-16;2*1-9-5-3-7-10(2)8-4-6-9;2*1-2;/h15-17H,2-14H2,1H3;2*9-10H,3-8H2,1-2H3;2*1-2H3;1H4. The number of hydrogen-bond donors (Lipinski definition) is 0. The summed E-state index contributed by atoms with van der Waals surface area (Å²) in [6.07, 6.45) is 37.5. The predicted octanol–water partition coefficient (Wildman–Crippen LogP) is 15.9. The molecule has 0 N–H and O–H groups in total. The molecular formula is C42H88. The van der Waals surface area contributed by atoms with Crippen LogP contribution in [-0.4, -0.2) is 0 Å². The molecule has 4 aliphatic rings. The summed E-state index contributed by atoms with van der Waals surface area (Å²) in [6.45, 7) is 20.0. The molecule has 0 heterocycles. The van der Waals surface area contributed by atoms with Gasteiger partial charge in [-0.15, -0.1) is 0 Å². The van der Waals surface area contributed by atoms with E-state index >= 15 is 0 Å². The van der Waals surface area contributed by atoms with Gasteiger partial charge in [-0.2, -0.15) is 0 Å². The maximum Gasteiger partial charge on any atom is -0.0386 e. The maximum atomic E-state index is 2.45. The molecule has 0 atom stereocenters. The maximum absolute atomic E-state index is 2.45. The molecule has 0 aromatic carbocycles. The van der Waals surface area contributed by atoms with E-state index in [2.05, 4.69) is 34.6 Å². The highest BCUT2D eigenvalue weighted by molar-refractivity contribution is 4.75. The van der Waals surface area contributed by atoms with Crippen LogP contribution in [0.25, 0.3) is 0 Å². The van der Waals surface area contributed by atoms with Crippen LogP contribution in [0.5, 0.6) is 0 Å². The fraction of sp³-hybridized carbons (Fsp3) is 1.00. The van der Waals surface area contributed by atoms with E-state index < -0.39 is 0 Å². The van der Waals surface area contributed by atoms with Crippen molar-refractivity contribution in [1.82, 2.24) is 0 Å². The van der Waals surface area contributed by atoms with Crippen molar-refractivity contribution < 1.29 is 0 Å². The molecule has 0 heteroatoms. The van der Waals surface area contributed by atoms with Gasteiger partial charge in [0.25, 0.3) is 0 Å². The van der Waals surface area contributed by atoms with Crippen molar-refractivity contribution in [2.45, 2.75) is 230 Å². The molecule has 256 valence electrons. The summed E-state index contributed by atoms with van der Waals surface area (Å²) < 4.78 is 0. The summed E-state index contributed by atoms with van der Waals surface area (Å²) in [5, 5.41) is 0. The van der Waals surface area contributed by atoms with Crippen LogP contribution in [0.2, 0.25) is 0 Å². The summed E-state index contributed by atoms with van der Waals surface area (Å²) in [4.78, 5) is 0. The van der Waals surface area contributed by atoms with Crippen molar-refractivity contribution in [1.29, 1.82) is 0 Å². The van der Waals surface area contributed by atoms with Gasteiger partial charge in [0.05, 0.1) is 0 Å². The number of hydrogen-bond acceptors (Lipinski definition) is 0. The highest BCUT2D eigenvalue weighted by Gasteiger charge is 2.23. The Morgan fingerprint density at radius 2 is 0.405 bits per heavy atom. The van der Waals surface area contributed by atoms with Crippen molar-refractivity contribution >= 4 is 0 Å². The zero-order valence-corrected chi connectivity index (χ0v) is 30.7. The first kappa shape index (κ1) is 44.1. The average Bonchev–Trinajstić information content (AvgIpc) is 2.92. The molecule has 0 aromatic rings. The SMILES string of the molecule is C.CC.CC.CC1CCCC(C)CCC1.CC1CCCC(C)CCC1.CC1CCCC(C2CCCCCCC2)CCC1. The monoisotopic (exact) mass is 593 g/mol. The summed E-state index contributed by atoms with van der Waals surface area (Å²) >= 11 is 0. The van der Waals surface area contributed by atoms with E-state index in [1.54, 1.807) is 25.7 Å². The van der Waals surface area contributed by atoms with Crippen molar-refractivity contribution in [3.05, 3.63) is 0 Å². The molecule has 42 heavy (non-hydrogen) atoms. The molecule has 0 spiro atoms. The van der Waals surface area contributed by atoms with Gasteiger partial charge in [-0.1, -0.05) is 230 Å². The summed E-state index contributed by atoms with van der Waals surface area (Å²) in [7, 11) is 0. The second-order valence-electron chi connectivity index (χ2n) is 15.0. The molecule has 4 aliphatic carbocycles. The molecule has 0 radical (unpaired) electrons. The zero-order valence-electron chi connectivity index (χ0n) is 30.7. The van der Waals surface area contributed by atoms with Gasteiger partial charge in [0.15, 0.2) is 0 Å². The minimum absolute atomic E-state index is 0. The van der Waals surface area contributed by atoms with E-state index in [9.17, 15) is 0 Å². The van der Waals surface area contributed by atoms with E-state index in [-0.39, 0.29) is 7.43 Å². The van der Waals surface area contributed by atoms with Crippen molar-refractivity contribution in [2.75, 3.05) is 0 Å². The van der Waals surface area contributed by atoms with E-state index in [0.717, 1.165) is 41.4 Å². The van der Waals surface area contributed by atoms with Crippen LogP contribution in [0, 0.1) is 41.4 Å². The highest BCUT2D eigenvalue weighted by atomic mass is 14.3. The van der Waals surface area contributed by atoms with Crippen LogP contribution in [0.4, 0.5) is 0 Å². The quantitative estimate of drug-likeness (QED) is 0.284. The third kappa shape index (κ3) is 24.3. The van der Waals surface area contributed by atoms with E-state index in [1.807, 2.05) is 27.7 Å². The lowest BCUT2D eigenvalue weighted by Gasteiger charge is -2.31. The topological polar surface area (TPSA) is 0 Å². The molecule has 0 bridgehead atoms.